The van der Waals surface area contributed by atoms with Gasteiger partial charge in [-0.15, -0.1) is 11.3 Å². The van der Waals surface area contributed by atoms with E-state index in [1.807, 2.05) is 81.7 Å². The normalized spacial score (nSPS) is 19.6. The van der Waals surface area contributed by atoms with Gasteiger partial charge in [0.1, 0.15) is 23.7 Å². The molecule has 2 aliphatic carbocycles. The first-order valence-corrected chi connectivity index (χ1v) is 24.9. The molecule has 0 unspecified atom stereocenters. The number of aryl methyl sites for hydroxylation is 1. The predicted molar refractivity (Wildman–Crippen MR) is 265 cm³/mol. The van der Waals surface area contributed by atoms with Crippen molar-refractivity contribution in [2.75, 3.05) is 23.7 Å². The third-order valence-electron chi connectivity index (χ3n) is 13.1. The van der Waals surface area contributed by atoms with Crippen molar-refractivity contribution in [2.24, 2.45) is 11.3 Å². The fourth-order valence-corrected chi connectivity index (χ4v) is 9.79. The topological polar surface area (TPSA) is 233 Å². The number of nitrogens with one attached hydrogen (secondary N) is 6. The summed E-state index contributed by atoms with van der Waals surface area (Å²) in [5.74, 6) is -0.282. The zero-order chi connectivity index (χ0) is 48.7. The largest absolute Gasteiger partial charge is 0.391 e. The molecule has 3 atom stereocenters. The van der Waals surface area contributed by atoms with E-state index in [-0.39, 0.29) is 61.5 Å². The molecule has 5 heterocycles. The van der Waals surface area contributed by atoms with Gasteiger partial charge in [-0.3, -0.25) is 29.0 Å². The highest BCUT2D eigenvalue weighted by atomic mass is 32.1. The second-order valence-electron chi connectivity index (χ2n) is 19.6. The van der Waals surface area contributed by atoms with Crippen LogP contribution >= 0.6 is 11.3 Å². The Hall–Kier alpha value is -6.53. The lowest BCUT2D eigenvalue weighted by Crippen LogP contribution is -2.57. The minimum Gasteiger partial charge on any atom is -0.391 e. The summed E-state index contributed by atoms with van der Waals surface area (Å²) in [6.45, 7) is 8.19. The van der Waals surface area contributed by atoms with Crippen molar-refractivity contribution in [3.8, 4) is 10.4 Å². The number of β-amino-alcohol motifs (C(OH)–C–C–N with tert-alkyl or cyclic N) is 1. The van der Waals surface area contributed by atoms with Crippen LogP contribution in [-0.2, 0) is 25.7 Å². The first kappa shape index (κ1) is 48.9. The molecule has 5 aromatic rings. The van der Waals surface area contributed by atoms with E-state index in [0.29, 0.717) is 74.0 Å². The summed E-state index contributed by atoms with van der Waals surface area (Å²) in [6, 6.07) is 13.8. The number of rotatable bonds is 18. The second-order valence-corrected chi connectivity index (χ2v) is 20.5. The van der Waals surface area contributed by atoms with Crippen LogP contribution in [0.25, 0.3) is 21.3 Å². The van der Waals surface area contributed by atoms with Gasteiger partial charge in [0, 0.05) is 80.5 Å². The fraction of sp³-hybridized carbons (Fsp3) is 0.471. The number of nitrogens with zero attached hydrogens (tertiary/aromatic N) is 5. The number of aliphatic hydroxyl groups excluding tert-OH is 1. The standard InChI is InChI=1S/C51H63N11O6S/c1-30-45(69-29-56-30)32-10-8-31(9-11-32)25-55-49(67)41-23-37(63)28-62(41)50(68)46(51(2,3)4)61-44(64)7-5-6-21-53-47(65)33-12-15-36(16-13-33)58-48(66)38-27-54-43(24-40(38)57-35-17-18-35)60-42-19-14-34-26-52-22-20-39(34)59-42/h8-11,14,19-20,22,24,26-27,29,33,35-37,41,46,63H,5-7,12-13,15-18,21,23,25,28H2,1-4H3,(H,53,65)(H,55,67)(H,58,66)(H,61,64)(H2,54,57,59,60)/t33-,36-,37-,41+,46+/m1/s1. The van der Waals surface area contributed by atoms with E-state index in [1.54, 1.807) is 29.9 Å². The van der Waals surface area contributed by atoms with Crippen LogP contribution in [0, 0.1) is 18.3 Å². The molecule has 0 radical (unpaired) electrons. The fourth-order valence-electron chi connectivity index (χ4n) is 8.98. The minimum atomic E-state index is -0.924. The lowest BCUT2D eigenvalue weighted by atomic mass is 9.85. The van der Waals surface area contributed by atoms with E-state index < -0.39 is 29.5 Å². The molecule has 4 aromatic heterocycles. The van der Waals surface area contributed by atoms with Crippen molar-refractivity contribution in [1.82, 2.24) is 46.1 Å². The summed E-state index contributed by atoms with van der Waals surface area (Å²) < 4.78 is 0. The number of thiazole rings is 1. The number of aromatic nitrogens is 4. The third kappa shape index (κ3) is 12.8. The number of fused-ring (bicyclic) bond motifs is 1. The number of carbonyl (C=O) groups is 5. The molecular weight excluding hydrogens is 895 g/mol. The molecule has 1 aliphatic heterocycles. The Bertz CT molecular complexity index is 2640. The van der Waals surface area contributed by atoms with Crippen LogP contribution < -0.4 is 31.9 Å². The Morgan fingerprint density at radius 2 is 1.64 bits per heavy atom. The molecule has 7 N–H and O–H groups in total. The highest BCUT2D eigenvalue weighted by Gasteiger charge is 2.44. The molecule has 69 heavy (non-hydrogen) atoms. The summed E-state index contributed by atoms with van der Waals surface area (Å²) in [7, 11) is 0. The Labute approximate surface area is 406 Å². The molecule has 1 saturated heterocycles. The van der Waals surface area contributed by atoms with Gasteiger partial charge in [0.2, 0.25) is 23.6 Å². The Kier molecular flexibility index (Phi) is 15.5. The van der Waals surface area contributed by atoms with Gasteiger partial charge in [0.25, 0.3) is 5.91 Å². The van der Waals surface area contributed by atoms with Gasteiger partial charge in [-0.2, -0.15) is 0 Å². The van der Waals surface area contributed by atoms with Crippen molar-refractivity contribution in [1.29, 1.82) is 0 Å². The number of carbonyl (C=O) groups excluding carboxylic acids is 5. The van der Waals surface area contributed by atoms with E-state index in [2.05, 4.69) is 51.8 Å². The summed E-state index contributed by atoms with van der Waals surface area (Å²) >= 11 is 1.57. The number of benzene rings is 1. The van der Waals surface area contributed by atoms with E-state index >= 15 is 0 Å². The number of unbranched alkanes of at least 4 members (excludes halogenated alkanes) is 1. The first-order chi connectivity index (χ1) is 33.2. The van der Waals surface area contributed by atoms with Crippen molar-refractivity contribution in [3.63, 3.8) is 0 Å². The smallest absolute Gasteiger partial charge is 0.255 e. The molecule has 18 heteroatoms. The van der Waals surface area contributed by atoms with Crippen LogP contribution in [0.2, 0.25) is 0 Å². The molecule has 5 amide bonds. The summed E-state index contributed by atoms with van der Waals surface area (Å²) in [6.07, 6.45) is 10.2. The van der Waals surface area contributed by atoms with Crippen LogP contribution in [0.3, 0.4) is 0 Å². The highest BCUT2D eigenvalue weighted by Crippen LogP contribution is 2.32. The number of likely N-dealkylation sites (tertiary alicyclic amines) is 1. The molecule has 3 fully saturated rings. The maximum atomic E-state index is 14.1. The van der Waals surface area contributed by atoms with Gasteiger partial charge in [0.05, 0.1) is 39.0 Å². The molecule has 3 aliphatic rings. The third-order valence-corrected chi connectivity index (χ3v) is 14.1. The number of pyridine rings is 3. The molecular formula is C51H63N11O6S. The van der Waals surface area contributed by atoms with E-state index in [0.717, 1.165) is 45.4 Å². The van der Waals surface area contributed by atoms with Gasteiger partial charge >= 0.3 is 0 Å². The van der Waals surface area contributed by atoms with Crippen LogP contribution in [0.15, 0.2) is 72.6 Å². The quantitative estimate of drug-likeness (QED) is 0.0490. The Morgan fingerprint density at radius 1 is 0.870 bits per heavy atom. The Balaban J connectivity index is 0.747. The SMILES string of the molecule is Cc1ncsc1-c1ccc(CNC(=O)[C@@H]2C[C@@H](O)CN2C(=O)[C@H](NC(=O)CCCCNC(=O)[C@H]2CC[C@H](NC(=O)c3cnc(Nc4ccc5cnccc5n4)cc3NC3CC3)CC2)C(C)(C)C)cc1. The van der Waals surface area contributed by atoms with E-state index in [9.17, 15) is 29.1 Å². The zero-order valence-electron chi connectivity index (χ0n) is 39.7. The number of aliphatic hydroxyl groups is 1. The second kappa shape index (κ2) is 21.8. The Morgan fingerprint density at radius 3 is 2.36 bits per heavy atom. The maximum Gasteiger partial charge on any atom is 0.255 e. The number of amides is 5. The molecule has 0 spiro atoms. The molecule has 17 nitrogen and oxygen atoms in total. The minimum absolute atomic E-state index is 0.00712. The van der Waals surface area contributed by atoms with Crippen LogP contribution in [0.5, 0.6) is 0 Å². The zero-order valence-corrected chi connectivity index (χ0v) is 40.5. The van der Waals surface area contributed by atoms with Crippen molar-refractivity contribution < 1.29 is 29.1 Å². The van der Waals surface area contributed by atoms with Crippen LogP contribution in [-0.4, -0.2) is 103 Å². The van der Waals surface area contributed by atoms with Gasteiger partial charge < -0.3 is 41.9 Å². The molecule has 8 rings (SSSR count). The lowest BCUT2D eigenvalue weighted by Gasteiger charge is -2.35. The molecule has 1 aromatic carbocycles. The monoisotopic (exact) mass is 957 g/mol. The number of hydrogen-bond acceptors (Lipinski definition) is 13. The molecule has 0 bridgehead atoms. The van der Waals surface area contributed by atoms with Gasteiger partial charge in [-0.05, 0) is 93.0 Å². The summed E-state index contributed by atoms with van der Waals surface area (Å²) in [4.78, 5) is 87.7. The van der Waals surface area contributed by atoms with E-state index in [1.165, 1.54) is 4.90 Å². The maximum absolute atomic E-state index is 14.1. The van der Waals surface area contributed by atoms with Crippen molar-refractivity contribution in [3.05, 3.63) is 89.5 Å². The molecule has 364 valence electrons. The average Bonchev–Trinajstić information content (AvgIpc) is 3.90. The first-order valence-electron chi connectivity index (χ1n) is 24.1. The van der Waals surface area contributed by atoms with E-state index in [4.69, 9.17) is 0 Å². The summed E-state index contributed by atoms with van der Waals surface area (Å²) in [5, 5.41) is 30.3. The highest BCUT2D eigenvalue weighted by molar-refractivity contribution is 7.13. The van der Waals surface area contributed by atoms with Crippen LogP contribution in [0.1, 0.15) is 107 Å². The number of anilines is 3. The van der Waals surface area contributed by atoms with Crippen molar-refractivity contribution in [2.45, 2.75) is 129 Å². The van der Waals surface area contributed by atoms with Crippen LogP contribution in [0.4, 0.5) is 17.3 Å². The van der Waals surface area contributed by atoms with Crippen molar-refractivity contribution >= 4 is 69.1 Å². The van der Waals surface area contributed by atoms with Gasteiger partial charge in [-0.25, -0.2) is 15.0 Å². The van der Waals surface area contributed by atoms with Gasteiger partial charge in [-0.1, -0.05) is 45.0 Å². The average molecular weight is 958 g/mol. The summed E-state index contributed by atoms with van der Waals surface area (Å²) in [5.41, 5.74) is 6.03. The number of hydrogen-bond donors (Lipinski definition) is 7. The predicted octanol–water partition coefficient (Wildman–Crippen LogP) is 6.16. The van der Waals surface area contributed by atoms with Gasteiger partial charge in [0.15, 0.2) is 0 Å². The molecule has 2 saturated carbocycles. The lowest BCUT2D eigenvalue weighted by molar-refractivity contribution is -0.144.